The Bertz CT molecular complexity index is 118. The van der Waals surface area contributed by atoms with Gasteiger partial charge in [0.1, 0.15) is 0 Å². The molecule has 0 aromatic carbocycles. The summed E-state index contributed by atoms with van der Waals surface area (Å²) in [5.74, 6) is 0. The maximum absolute atomic E-state index is 9.58. The molecular formula is C14H38O4SiTi. The summed E-state index contributed by atoms with van der Waals surface area (Å²) in [5.41, 5.74) is 0. The van der Waals surface area contributed by atoms with E-state index >= 15 is 0 Å². The van der Waals surface area contributed by atoms with Crippen LogP contribution in [0.3, 0.4) is 0 Å². The molecule has 0 fully saturated rings. The molecule has 0 aliphatic carbocycles. The molecule has 5 N–H and O–H groups in total. The van der Waals surface area contributed by atoms with Crippen LogP contribution in [0.5, 0.6) is 0 Å². The maximum Gasteiger partial charge on any atom is 0.187 e. The first kappa shape index (κ1) is 32.6. The Balaban J connectivity index is -0.0000000558. The fourth-order valence-corrected chi connectivity index (χ4v) is 2.57. The van der Waals surface area contributed by atoms with Crippen molar-refractivity contribution in [1.29, 1.82) is 0 Å². The van der Waals surface area contributed by atoms with Crippen molar-refractivity contribution in [2.45, 2.75) is 78.4 Å². The van der Waals surface area contributed by atoms with Crippen molar-refractivity contribution in [2.24, 2.45) is 0 Å². The largest absolute Gasteiger partial charge is 0.432 e. The first-order valence-electron chi connectivity index (χ1n) is 7.45. The molecule has 0 unspecified atom stereocenters. The molecule has 0 spiro atoms. The summed E-state index contributed by atoms with van der Waals surface area (Å²) in [6.07, 6.45) is 4.08. The monoisotopic (exact) mass is 346 g/mol. The van der Waals surface area contributed by atoms with Gasteiger partial charge in [0.2, 0.25) is 0 Å². The van der Waals surface area contributed by atoms with E-state index in [4.69, 9.17) is 10.2 Å². The Morgan fingerprint density at radius 1 is 0.700 bits per heavy atom. The molecule has 0 atom stereocenters. The number of hydrogen-bond acceptors (Lipinski definition) is 3. The van der Waals surface area contributed by atoms with Gasteiger partial charge < -0.3 is 20.5 Å². The molecule has 126 valence electrons. The number of rotatable bonds is 7. The Morgan fingerprint density at radius 2 is 0.950 bits per heavy atom. The zero-order chi connectivity index (χ0) is 14.9. The summed E-state index contributed by atoms with van der Waals surface area (Å²) >= 11 is 0. The second kappa shape index (κ2) is 28.0. The second-order valence-corrected chi connectivity index (χ2v) is 9.01. The van der Waals surface area contributed by atoms with Crippen LogP contribution in [0.25, 0.3) is 0 Å². The molecule has 0 saturated carbocycles. The van der Waals surface area contributed by atoms with Crippen molar-refractivity contribution >= 4 is 8.32 Å². The molecular weight excluding hydrogens is 308 g/mol. The predicted octanol–water partition coefficient (Wildman–Crippen LogP) is 2.71. The normalized spacial score (nSPS) is 9.00. The number of hydrogen-bond donors (Lipinski definition) is 3. The molecule has 20 heavy (non-hydrogen) atoms. The Kier molecular flexibility index (Phi) is 45.7. The van der Waals surface area contributed by atoms with Gasteiger partial charge in [0.05, 0.1) is 0 Å². The summed E-state index contributed by atoms with van der Waals surface area (Å²) < 4.78 is 0. The third-order valence-corrected chi connectivity index (χ3v) is 6.95. The van der Waals surface area contributed by atoms with Gasteiger partial charge in [0.15, 0.2) is 8.32 Å². The number of unbranched alkanes of at least 4 members (excludes halogenated alkanes) is 2. The van der Waals surface area contributed by atoms with E-state index in [1.54, 1.807) is 0 Å². The summed E-state index contributed by atoms with van der Waals surface area (Å²) in [6, 6.07) is 3.04. The molecule has 0 bridgehead atoms. The van der Waals surface area contributed by atoms with E-state index in [0.717, 1.165) is 43.8 Å². The average molecular weight is 346 g/mol. The molecule has 0 amide bonds. The van der Waals surface area contributed by atoms with Gasteiger partial charge in [-0.2, -0.15) is 0 Å². The van der Waals surface area contributed by atoms with Gasteiger partial charge >= 0.3 is 0 Å². The molecule has 0 saturated heterocycles. The van der Waals surface area contributed by atoms with Gasteiger partial charge in [-0.05, 0) is 31.0 Å². The minimum atomic E-state index is -1.67. The topological polar surface area (TPSA) is 92.2 Å². The Labute approximate surface area is 142 Å². The van der Waals surface area contributed by atoms with E-state index in [0.29, 0.717) is 13.2 Å². The maximum atomic E-state index is 9.58. The summed E-state index contributed by atoms with van der Waals surface area (Å²) in [6.45, 7) is 11.0. The standard InChI is InChI=1S/C6H16OSi.2C4H10O.H2O.Ti/c1-4-8(7,5-2)6-3;2*1-2-3-4-5;;/h7H,4-6H2,1-3H3;2*5H,2-4H2,1H3;1H2;. The first-order valence-corrected chi connectivity index (χ1v) is 10.0. The first-order chi connectivity index (χ1) is 8.51. The van der Waals surface area contributed by atoms with E-state index in [2.05, 4.69) is 34.6 Å². The Morgan fingerprint density at radius 3 is 0.950 bits per heavy atom. The van der Waals surface area contributed by atoms with E-state index < -0.39 is 8.32 Å². The van der Waals surface area contributed by atoms with Crippen molar-refractivity contribution in [3.05, 3.63) is 0 Å². The summed E-state index contributed by atoms with van der Waals surface area (Å²) in [7, 11) is -1.67. The van der Waals surface area contributed by atoms with Gasteiger partial charge in [-0.15, -0.1) is 0 Å². The molecule has 0 radical (unpaired) electrons. The van der Waals surface area contributed by atoms with Gasteiger partial charge in [-0.1, -0.05) is 47.5 Å². The minimum absolute atomic E-state index is 0. The number of aliphatic hydroxyl groups excluding tert-OH is 2. The quantitative estimate of drug-likeness (QED) is 0.619. The smallest absolute Gasteiger partial charge is 0.187 e. The molecule has 0 aliphatic heterocycles. The third-order valence-electron chi connectivity index (χ3n) is 3.00. The van der Waals surface area contributed by atoms with Crippen LogP contribution in [0, 0.1) is 0 Å². The summed E-state index contributed by atoms with van der Waals surface area (Å²) in [4.78, 5) is 9.58. The molecule has 0 aliphatic rings. The number of aliphatic hydroxyl groups is 2. The van der Waals surface area contributed by atoms with Crippen LogP contribution in [0.15, 0.2) is 0 Å². The summed E-state index contributed by atoms with van der Waals surface area (Å²) in [5, 5.41) is 16.1. The van der Waals surface area contributed by atoms with E-state index in [1.165, 1.54) is 0 Å². The SMILES string of the molecule is CCCCO.CCCCO.CC[Si](O)(CC)CC.O.[Ti]. The van der Waals surface area contributed by atoms with Crippen molar-refractivity contribution in [3.8, 4) is 0 Å². The third kappa shape index (κ3) is 31.3. The van der Waals surface area contributed by atoms with Gasteiger partial charge in [-0.3, -0.25) is 0 Å². The van der Waals surface area contributed by atoms with Gasteiger partial charge in [-0.25, -0.2) is 0 Å². The van der Waals surface area contributed by atoms with Crippen molar-refractivity contribution in [1.82, 2.24) is 0 Å². The van der Waals surface area contributed by atoms with Crippen LogP contribution in [0.4, 0.5) is 0 Å². The zero-order valence-corrected chi connectivity index (χ0v) is 16.8. The Hall–Kier alpha value is 0.771. The van der Waals surface area contributed by atoms with Crippen LogP contribution in [-0.2, 0) is 21.7 Å². The van der Waals surface area contributed by atoms with Crippen LogP contribution in [0.2, 0.25) is 18.1 Å². The molecule has 0 heterocycles. The molecule has 6 heteroatoms. The van der Waals surface area contributed by atoms with Crippen LogP contribution < -0.4 is 0 Å². The fourth-order valence-electron chi connectivity index (χ4n) is 1.07. The van der Waals surface area contributed by atoms with Crippen LogP contribution >= 0.6 is 0 Å². The van der Waals surface area contributed by atoms with Crippen LogP contribution in [-0.4, -0.2) is 42.0 Å². The predicted molar refractivity (Wildman–Crippen MR) is 87.0 cm³/mol. The second-order valence-electron chi connectivity index (χ2n) is 4.44. The van der Waals surface area contributed by atoms with Crippen molar-refractivity contribution < 1.29 is 42.2 Å². The van der Waals surface area contributed by atoms with E-state index in [1.807, 2.05) is 0 Å². The van der Waals surface area contributed by atoms with Gasteiger partial charge in [0, 0.05) is 34.9 Å². The van der Waals surface area contributed by atoms with E-state index in [-0.39, 0.29) is 27.2 Å². The molecule has 0 aromatic heterocycles. The average Bonchev–Trinajstić information content (AvgIpc) is 2.41. The van der Waals surface area contributed by atoms with Crippen LogP contribution in [0.1, 0.15) is 60.3 Å². The molecule has 0 rings (SSSR count). The van der Waals surface area contributed by atoms with Gasteiger partial charge in [0.25, 0.3) is 0 Å². The molecule has 0 aromatic rings. The van der Waals surface area contributed by atoms with Crippen molar-refractivity contribution in [3.63, 3.8) is 0 Å². The fraction of sp³-hybridized carbons (Fsp3) is 1.00. The zero-order valence-electron chi connectivity index (χ0n) is 14.2. The van der Waals surface area contributed by atoms with E-state index in [9.17, 15) is 4.80 Å². The minimum Gasteiger partial charge on any atom is -0.432 e. The molecule has 4 nitrogen and oxygen atoms in total. The van der Waals surface area contributed by atoms with Crippen molar-refractivity contribution in [2.75, 3.05) is 13.2 Å².